The van der Waals surface area contributed by atoms with Crippen molar-refractivity contribution in [2.24, 2.45) is 0 Å². The molecule has 1 aromatic carbocycles. The van der Waals surface area contributed by atoms with Crippen molar-refractivity contribution in [2.75, 3.05) is 0 Å². The van der Waals surface area contributed by atoms with E-state index in [0.717, 1.165) is 16.8 Å². The zero-order valence-electron chi connectivity index (χ0n) is 9.60. The number of aromatic nitrogens is 1. The van der Waals surface area contributed by atoms with Crippen LogP contribution in [0.25, 0.3) is 10.9 Å². The van der Waals surface area contributed by atoms with Gasteiger partial charge < -0.3 is 4.98 Å². The van der Waals surface area contributed by atoms with E-state index >= 15 is 0 Å². The van der Waals surface area contributed by atoms with E-state index in [9.17, 15) is 4.79 Å². The summed E-state index contributed by atoms with van der Waals surface area (Å²) in [5.74, 6) is 0.215. The van der Waals surface area contributed by atoms with Crippen molar-refractivity contribution in [3.8, 4) is 0 Å². The smallest absolute Gasteiger partial charge is 0.193 e. The van der Waals surface area contributed by atoms with Gasteiger partial charge in [0.25, 0.3) is 0 Å². The average molecular weight is 236 g/mol. The van der Waals surface area contributed by atoms with Crippen LogP contribution in [0.5, 0.6) is 0 Å². The number of halogens is 1. The van der Waals surface area contributed by atoms with Gasteiger partial charge in [-0.25, -0.2) is 0 Å². The molecule has 1 aromatic heterocycles. The molecule has 1 N–H and O–H groups in total. The third kappa shape index (κ3) is 1.74. The van der Waals surface area contributed by atoms with Crippen LogP contribution in [-0.2, 0) is 0 Å². The van der Waals surface area contributed by atoms with Gasteiger partial charge in [-0.1, -0.05) is 25.4 Å². The molecule has 84 valence electrons. The molecule has 0 bridgehead atoms. The average Bonchev–Trinajstić information content (AvgIpc) is 2.19. The Labute approximate surface area is 99.3 Å². The maximum atomic E-state index is 12.3. The van der Waals surface area contributed by atoms with Crippen molar-refractivity contribution in [3.63, 3.8) is 0 Å². The maximum Gasteiger partial charge on any atom is 0.193 e. The molecule has 0 fully saturated rings. The van der Waals surface area contributed by atoms with Gasteiger partial charge in [0, 0.05) is 27.2 Å². The fourth-order valence-electron chi connectivity index (χ4n) is 2.09. The van der Waals surface area contributed by atoms with Gasteiger partial charge in [-0.05, 0) is 31.0 Å². The lowest BCUT2D eigenvalue weighted by atomic mass is 9.99. The summed E-state index contributed by atoms with van der Waals surface area (Å²) in [5.41, 5.74) is 2.71. The van der Waals surface area contributed by atoms with Crippen LogP contribution in [0, 0.1) is 6.92 Å². The minimum Gasteiger partial charge on any atom is -0.358 e. The van der Waals surface area contributed by atoms with E-state index in [1.807, 2.05) is 26.8 Å². The fourth-order valence-corrected chi connectivity index (χ4v) is 2.27. The lowest BCUT2D eigenvalue weighted by Gasteiger charge is -2.10. The van der Waals surface area contributed by atoms with E-state index in [4.69, 9.17) is 11.6 Å². The molecule has 0 unspecified atom stereocenters. The summed E-state index contributed by atoms with van der Waals surface area (Å²) in [6.45, 7) is 5.98. The standard InChI is InChI=1S/C13H14ClNO/c1-7(2)12-8(3)15-11-5-4-9(14)6-10(11)13(12)16/h4-7H,1-3H3,(H,15,16). The van der Waals surface area contributed by atoms with E-state index in [1.54, 1.807) is 12.1 Å². The molecular weight excluding hydrogens is 222 g/mol. The maximum absolute atomic E-state index is 12.3. The zero-order valence-corrected chi connectivity index (χ0v) is 10.4. The Morgan fingerprint density at radius 1 is 1.31 bits per heavy atom. The SMILES string of the molecule is Cc1[nH]c2ccc(Cl)cc2c(=O)c1C(C)C. The molecule has 0 radical (unpaired) electrons. The molecule has 0 spiro atoms. The number of aryl methyl sites for hydroxylation is 1. The van der Waals surface area contributed by atoms with Gasteiger partial charge in [0.2, 0.25) is 0 Å². The Kier molecular flexibility index (Phi) is 2.76. The van der Waals surface area contributed by atoms with E-state index in [-0.39, 0.29) is 11.3 Å². The fraction of sp³-hybridized carbons (Fsp3) is 0.308. The summed E-state index contributed by atoms with van der Waals surface area (Å²) in [7, 11) is 0. The Morgan fingerprint density at radius 3 is 2.62 bits per heavy atom. The number of pyridine rings is 1. The summed E-state index contributed by atoms with van der Waals surface area (Å²) in [5, 5.41) is 1.26. The largest absolute Gasteiger partial charge is 0.358 e. The van der Waals surface area contributed by atoms with Crippen LogP contribution >= 0.6 is 11.6 Å². The van der Waals surface area contributed by atoms with Crippen molar-refractivity contribution >= 4 is 22.5 Å². The summed E-state index contributed by atoms with van der Waals surface area (Å²) in [6.07, 6.45) is 0. The molecule has 2 nitrogen and oxygen atoms in total. The number of rotatable bonds is 1. The minimum atomic E-state index is 0.0868. The first-order chi connectivity index (χ1) is 7.50. The summed E-state index contributed by atoms with van der Waals surface area (Å²) >= 11 is 5.91. The predicted octanol–water partition coefficient (Wildman–Crippen LogP) is 3.61. The second-order valence-corrected chi connectivity index (χ2v) is 4.77. The third-order valence-electron chi connectivity index (χ3n) is 2.77. The minimum absolute atomic E-state index is 0.0868. The number of nitrogens with one attached hydrogen (secondary N) is 1. The number of hydrogen-bond acceptors (Lipinski definition) is 1. The van der Waals surface area contributed by atoms with Gasteiger partial charge >= 0.3 is 0 Å². The highest BCUT2D eigenvalue weighted by Crippen LogP contribution is 2.20. The van der Waals surface area contributed by atoms with E-state index in [2.05, 4.69) is 4.98 Å². The lowest BCUT2D eigenvalue weighted by Crippen LogP contribution is -2.14. The van der Waals surface area contributed by atoms with Crippen molar-refractivity contribution in [3.05, 3.63) is 44.7 Å². The Balaban J connectivity index is 2.91. The van der Waals surface area contributed by atoms with Crippen LogP contribution in [0.3, 0.4) is 0 Å². The molecule has 2 rings (SSSR count). The van der Waals surface area contributed by atoms with Crippen molar-refractivity contribution < 1.29 is 0 Å². The Hall–Kier alpha value is -1.28. The predicted molar refractivity (Wildman–Crippen MR) is 68.4 cm³/mol. The number of aromatic amines is 1. The lowest BCUT2D eigenvalue weighted by molar-refractivity contribution is 0.839. The molecule has 0 amide bonds. The highest BCUT2D eigenvalue weighted by molar-refractivity contribution is 6.31. The summed E-state index contributed by atoms with van der Waals surface area (Å²) in [6, 6.07) is 5.35. The molecule has 0 saturated carbocycles. The van der Waals surface area contributed by atoms with Gasteiger partial charge in [-0.2, -0.15) is 0 Å². The van der Waals surface area contributed by atoms with Gasteiger partial charge in [0.15, 0.2) is 5.43 Å². The van der Waals surface area contributed by atoms with Crippen LogP contribution in [0.2, 0.25) is 5.02 Å². The second kappa shape index (κ2) is 3.95. The summed E-state index contributed by atoms with van der Waals surface area (Å²) in [4.78, 5) is 15.5. The topological polar surface area (TPSA) is 32.9 Å². The first-order valence-corrected chi connectivity index (χ1v) is 5.70. The Morgan fingerprint density at radius 2 is 2.00 bits per heavy atom. The quantitative estimate of drug-likeness (QED) is 0.805. The molecule has 1 heterocycles. The van der Waals surface area contributed by atoms with Crippen molar-refractivity contribution in [1.29, 1.82) is 0 Å². The van der Waals surface area contributed by atoms with Crippen LogP contribution in [0.4, 0.5) is 0 Å². The zero-order chi connectivity index (χ0) is 11.9. The first-order valence-electron chi connectivity index (χ1n) is 5.32. The second-order valence-electron chi connectivity index (χ2n) is 4.34. The molecule has 2 aromatic rings. The van der Waals surface area contributed by atoms with Gasteiger partial charge in [-0.3, -0.25) is 4.79 Å². The monoisotopic (exact) mass is 235 g/mol. The van der Waals surface area contributed by atoms with Crippen molar-refractivity contribution in [1.82, 2.24) is 4.98 Å². The molecule has 0 atom stereocenters. The van der Waals surface area contributed by atoms with Crippen LogP contribution < -0.4 is 5.43 Å². The Bertz CT molecular complexity index is 599. The summed E-state index contributed by atoms with van der Waals surface area (Å²) < 4.78 is 0. The van der Waals surface area contributed by atoms with Gasteiger partial charge in [0.05, 0.1) is 0 Å². The van der Waals surface area contributed by atoms with Gasteiger partial charge in [-0.15, -0.1) is 0 Å². The highest BCUT2D eigenvalue weighted by Gasteiger charge is 2.12. The van der Waals surface area contributed by atoms with Crippen LogP contribution in [-0.4, -0.2) is 4.98 Å². The molecular formula is C13H14ClNO. The first kappa shape index (κ1) is 11.2. The molecule has 3 heteroatoms. The van der Waals surface area contributed by atoms with Crippen LogP contribution in [0.15, 0.2) is 23.0 Å². The van der Waals surface area contributed by atoms with E-state index in [1.165, 1.54) is 0 Å². The van der Waals surface area contributed by atoms with Crippen LogP contribution in [0.1, 0.15) is 31.0 Å². The number of H-pyrrole nitrogens is 1. The third-order valence-corrected chi connectivity index (χ3v) is 3.01. The molecule has 16 heavy (non-hydrogen) atoms. The van der Waals surface area contributed by atoms with Crippen molar-refractivity contribution in [2.45, 2.75) is 26.7 Å². The molecule has 0 aliphatic carbocycles. The van der Waals surface area contributed by atoms with E-state index < -0.39 is 0 Å². The molecule has 0 aliphatic heterocycles. The van der Waals surface area contributed by atoms with E-state index in [0.29, 0.717) is 10.4 Å². The molecule has 0 aliphatic rings. The number of fused-ring (bicyclic) bond motifs is 1. The molecule has 0 saturated heterocycles. The normalized spacial score (nSPS) is 11.3. The number of hydrogen-bond donors (Lipinski definition) is 1. The number of benzene rings is 1. The highest BCUT2D eigenvalue weighted by atomic mass is 35.5. The van der Waals surface area contributed by atoms with Gasteiger partial charge in [0.1, 0.15) is 0 Å².